The molecule has 0 N–H and O–H groups in total. The van der Waals surface area contributed by atoms with Crippen LogP contribution in [-0.2, 0) is 22.4 Å². The number of aliphatic imine (C=N–C) groups is 1. The third-order valence-corrected chi connectivity index (χ3v) is 6.52. The molecule has 0 radical (unpaired) electrons. The number of carbonyl (C=O) groups is 2. The number of carbonyl (C=O) groups excluding carboxylic acids is 2. The maximum atomic E-state index is 12.7. The summed E-state index contributed by atoms with van der Waals surface area (Å²) < 4.78 is 11.6. The van der Waals surface area contributed by atoms with Crippen molar-refractivity contribution in [1.29, 1.82) is 0 Å². The second-order valence-electron chi connectivity index (χ2n) is 10.4. The minimum absolute atomic E-state index is 0.0227. The van der Waals surface area contributed by atoms with Crippen LogP contribution >= 0.6 is 11.6 Å². The van der Waals surface area contributed by atoms with Crippen molar-refractivity contribution in [2.45, 2.75) is 47.0 Å². The number of rotatable bonds is 9. The maximum absolute atomic E-state index is 12.7. The van der Waals surface area contributed by atoms with Crippen LogP contribution in [0, 0.1) is 5.41 Å². The largest absolute Gasteiger partial charge is 0.496 e. The first-order valence-electron chi connectivity index (χ1n) is 12.2. The van der Waals surface area contributed by atoms with Crippen LogP contribution in [0.5, 0.6) is 17.2 Å². The second-order valence-corrected chi connectivity index (χ2v) is 10.8. The highest BCUT2D eigenvalue weighted by molar-refractivity contribution is 6.31. The lowest BCUT2D eigenvalue weighted by atomic mass is 9.89. The average molecular weight is 519 g/mol. The highest BCUT2D eigenvalue weighted by atomic mass is 35.5. The number of ketones is 2. The van der Waals surface area contributed by atoms with Gasteiger partial charge in [-0.1, -0.05) is 38.4 Å². The molecule has 3 aromatic rings. The van der Waals surface area contributed by atoms with Gasteiger partial charge in [-0.05, 0) is 48.4 Å². The number of nitrogens with zero attached hydrogens (tertiary/aromatic N) is 2. The van der Waals surface area contributed by atoms with Crippen molar-refractivity contribution in [2.24, 2.45) is 10.4 Å². The molecule has 2 aromatic carbocycles. The number of methoxy groups -OCH3 is 1. The lowest BCUT2D eigenvalue weighted by Crippen LogP contribution is -2.16. The summed E-state index contributed by atoms with van der Waals surface area (Å²) in [5, 5.41) is 1.23. The molecule has 0 amide bonds. The predicted molar refractivity (Wildman–Crippen MR) is 147 cm³/mol. The Bertz CT molecular complexity index is 1430. The van der Waals surface area contributed by atoms with Gasteiger partial charge < -0.3 is 9.47 Å². The van der Waals surface area contributed by atoms with E-state index in [1.165, 1.54) is 0 Å². The fraction of sp³-hybridized carbons (Fsp3) is 0.333. The smallest absolute Gasteiger partial charge is 0.141 e. The summed E-state index contributed by atoms with van der Waals surface area (Å²) in [6.07, 6.45) is 4.57. The molecule has 0 unspecified atom stereocenters. The van der Waals surface area contributed by atoms with E-state index in [1.807, 2.05) is 18.2 Å². The zero-order chi connectivity index (χ0) is 26.7. The summed E-state index contributed by atoms with van der Waals surface area (Å²) in [6.45, 7) is 8.48. The number of benzene rings is 2. The normalized spacial score (nSPS) is 13.4. The summed E-state index contributed by atoms with van der Waals surface area (Å²) >= 11 is 6.54. The van der Waals surface area contributed by atoms with Crippen molar-refractivity contribution >= 4 is 39.8 Å². The van der Waals surface area contributed by atoms with Gasteiger partial charge in [0.05, 0.1) is 19.2 Å². The first-order valence-corrected chi connectivity index (χ1v) is 12.6. The van der Waals surface area contributed by atoms with E-state index < -0.39 is 0 Å². The van der Waals surface area contributed by atoms with E-state index in [0.717, 1.165) is 27.8 Å². The van der Waals surface area contributed by atoms with Gasteiger partial charge in [-0.3, -0.25) is 19.6 Å². The number of halogens is 1. The molecular weight excluding hydrogens is 488 g/mol. The van der Waals surface area contributed by atoms with Gasteiger partial charge in [0, 0.05) is 58.6 Å². The summed E-state index contributed by atoms with van der Waals surface area (Å²) in [4.78, 5) is 33.5. The van der Waals surface area contributed by atoms with Crippen molar-refractivity contribution < 1.29 is 19.1 Å². The van der Waals surface area contributed by atoms with E-state index in [1.54, 1.807) is 44.5 Å². The van der Waals surface area contributed by atoms with Crippen LogP contribution in [0.4, 0.5) is 0 Å². The van der Waals surface area contributed by atoms with Gasteiger partial charge >= 0.3 is 0 Å². The molecule has 0 aliphatic carbocycles. The molecule has 0 saturated heterocycles. The summed E-state index contributed by atoms with van der Waals surface area (Å²) in [5.74, 6) is 1.87. The minimum Gasteiger partial charge on any atom is -0.496 e. The Balaban J connectivity index is 1.49. The molecule has 4 rings (SSSR count). The molecule has 0 saturated carbocycles. The molecule has 1 aliphatic heterocycles. The van der Waals surface area contributed by atoms with Gasteiger partial charge in [-0.15, -0.1) is 0 Å². The number of pyridine rings is 1. The first-order chi connectivity index (χ1) is 17.5. The van der Waals surface area contributed by atoms with Crippen LogP contribution in [0.25, 0.3) is 10.9 Å². The molecule has 0 spiro atoms. The molecule has 1 aromatic heterocycles. The van der Waals surface area contributed by atoms with Crippen LogP contribution < -0.4 is 9.47 Å². The number of aromatic nitrogens is 1. The molecule has 0 bridgehead atoms. The van der Waals surface area contributed by atoms with Gasteiger partial charge in [0.25, 0.3) is 0 Å². The Morgan fingerprint density at radius 3 is 2.43 bits per heavy atom. The maximum Gasteiger partial charge on any atom is 0.141 e. The molecule has 0 fully saturated rings. The zero-order valence-electron chi connectivity index (χ0n) is 21.9. The lowest BCUT2D eigenvalue weighted by molar-refractivity contribution is -0.118. The van der Waals surface area contributed by atoms with Gasteiger partial charge in [0.1, 0.15) is 28.8 Å². The Kier molecular flexibility index (Phi) is 7.79. The van der Waals surface area contributed by atoms with Crippen LogP contribution in [0.3, 0.4) is 0 Å². The third kappa shape index (κ3) is 6.44. The second kappa shape index (κ2) is 10.9. The Morgan fingerprint density at radius 1 is 1.00 bits per heavy atom. The van der Waals surface area contributed by atoms with E-state index in [4.69, 9.17) is 21.1 Å². The molecule has 1 aliphatic rings. The summed E-state index contributed by atoms with van der Waals surface area (Å²) in [7, 11) is 1.57. The zero-order valence-corrected chi connectivity index (χ0v) is 22.6. The Labute approximate surface area is 222 Å². The highest BCUT2D eigenvalue weighted by Crippen LogP contribution is 2.35. The average Bonchev–Trinajstić information content (AvgIpc) is 3.29. The quantitative estimate of drug-likeness (QED) is 0.313. The monoisotopic (exact) mass is 518 g/mol. The molecule has 7 heteroatoms. The molecular formula is C30H31ClN2O4. The third-order valence-electron chi connectivity index (χ3n) is 6.17. The van der Waals surface area contributed by atoms with Crippen molar-refractivity contribution in [1.82, 2.24) is 4.98 Å². The number of allylic oxidation sites excluding steroid dienone is 1. The molecule has 2 heterocycles. The van der Waals surface area contributed by atoms with Crippen LogP contribution in [-0.4, -0.2) is 35.9 Å². The van der Waals surface area contributed by atoms with Crippen molar-refractivity contribution in [3.63, 3.8) is 0 Å². The molecule has 37 heavy (non-hydrogen) atoms. The number of fused-ring (bicyclic) bond motifs is 1. The SMILES string of the molecule is COc1cc2nccc(Oc3ccc(CC(=O)CC4=CC(C(C)(C)C)=NC4)c(Cl)c3)c2cc1CC(C)=O. The van der Waals surface area contributed by atoms with E-state index in [0.29, 0.717) is 40.8 Å². The fourth-order valence-electron chi connectivity index (χ4n) is 4.30. The first kappa shape index (κ1) is 26.6. The topological polar surface area (TPSA) is 77.8 Å². The minimum atomic E-state index is -0.0227. The van der Waals surface area contributed by atoms with E-state index in [2.05, 4.69) is 30.7 Å². The van der Waals surface area contributed by atoms with E-state index in [9.17, 15) is 9.59 Å². The standard InChI is InChI=1S/C30H31ClN2O4/c1-18(34)10-21-14-24-26(16-28(21)36-5)32-9-8-27(24)37-23-7-6-20(25(31)15-23)13-22(35)11-19-12-29(33-17-19)30(2,3)4/h6-9,12,14-16H,10-11,13,17H2,1-5H3. The highest BCUT2D eigenvalue weighted by Gasteiger charge is 2.22. The number of ether oxygens (including phenoxy) is 2. The van der Waals surface area contributed by atoms with Crippen molar-refractivity contribution in [3.8, 4) is 17.2 Å². The molecule has 6 nitrogen and oxygen atoms in total. The number of Topliss-reactive ketones (excluding diaryl/α,β-unsaturated/α-hetero) is 2. The lowest BCUT2D eigenvalue weighted by Gasteiger charge is -2.16. The summed E-state index contributed by atoms with van der Waals surface area (Å²) in [5.41, 5.74) is 4.26. The number of hydrogen-bond acceptors (Lipinski definition) is 6. The van der Waals surface area contributed by atoms with Crippen molar-refractivity contribution in [2.75, 3.05) is 13.7 Å². The van der Waals surface area contributed by atoms with Crippen LogP contribution in [0.15, 0.2) is 59.2 Å². The molecule has 0 atom stereocenters. The van der Waals surface area contributed by atoms with Crippen LogP contribution in [0.2, 0.25) is 5.02 Å². The van der Waals surface area contributed by atoms with Gasteiger partial charge in [0.2, 0.25) is 0 Å². The van der Waals surface area contributed by atoms with Gasteiger partial charge in [-0.25, -0.2) is 0 Å². The Morgan fingerprint density at radius 2 is 1.78 bits per heavy atom. The summed E-state index contributed by atoms with van der Waals surface area (Å²) in [6, 6.07) is 10.8. The predicted octanol–water partition coefficient (Wildman–Crippen LogP) is 6.75. The fourth-order valence-corrected chi connectivity index (χ4v) is 4.54. The van der Waals surface area contributed by atoms with E-state index >= 15 is 0 Å². The number of hydrogen-bond donors (Lipinski definition) is 0. The van der Waals surface area contributed by atoms with Gasteiger partial charge in [-0.2, -0.15) is 0 Å². The van der Waals surface area contributed by atoms with Crippen molar-refractivity contribution in [3.05, 3.63) is 70.4 Å². The Hall–Kier alpha value is -3.51. The van der Waals surface area contributed by atoms with Crippen LogP contribution in [0.1, 0.15) is 45.2 Å². The van der Waals surface area contributed by atoms with Gasteiger partial charge in [0.15, 0.2) is 0 Å². The molecule has 192 valence electrons. The van der Waals surface area contributed by atoms with E-state index in [-0.39, 0.29) is 29.8 Å².